The molecule has 0 spiro atoms. The van der Waals surface area contributed by atoms with Crippen molar-refractivity contribution in [2.45, 2.75) is 94.4 Å². The van der Waals surface area contributed by atoms with E-state index in [2.05, 4.69) is 6.92 Å². The van der Waals surface area contributed by atoms with Crippen LogP contribution in [0.1, 0.15) is 84.0 Å². The van der Waals surface area contributed by atoms with Crippen LogP contribution in [0.3, 0.4) is 0 Å². The molecule has 0 aliphatic rings. The van der Waals surface area contributed by atoms with E-state index in [0.717, 1.165) is 19.3 Å². The van der Waals surface area contributed by atoms with Crippen molar-refractivity contribution in [3.8, 4) is 0 Å². The van der Waals surface area contributed by atoms with Crippen LogP contribution >= 0.6 is 0 Å². The van der Waals surface area contributed by atoms with Crippen molar-refractivity contribution in [1.82, 2.24) is 0 Å². The molecule has 0 atom stereocenters. The summed E-state index contributed by atoms with van der Waals surface area (Å²) in [6.07, 6.45) is 14.7. The van der Waals surface area contributed by atoms with Crippen molar-refractivity contribution in [2.24, 2.45) is 0 Å². The van der Waals surface area contributed by atoms with Gasteiger partial charge >= 0.3 is 109 Å². The number of halogens is 3. The van der Waals surface area contributed by atoms with Crippen LogP contribution in [0.5, 0.6) is 0 Å². The molecule has 0 N–H and O–H groups in total. The molecular formula is C15H29F3Se. The molecule has 0 amide bonds. The zero-order chi connectivity index (χ0) is 14.4. The van der Waals surface area contributed by atoms with E-state index in [-0.39, 0.29) is 0 Å². The topological polar surface area (TPSA) is 0 Å². The summed E-state index contributed by atoms with van der Waals surface area (Å²) in [5.74, 6) is 0. The molecule has 0 unspecified atom stereocenters. The molecule has 0 bridgehead atoms. The third-order valence-electron chi connectivity index (χ3n) is 3.26. The van der Waals surface area contributed by atoms with Crippen LogP contribution < -0.4 is 0 Å². The van der Waals surface area contributed by atoms with Crippen molar-refractivity contribution in [1.29, 1.82) is 0 Å². The van der Waals surface area contributed by atoms with Gasteiger partial charge in [-0.15, -0.1) is 0 Å². The Kier molecular flexibility index (Phi) is 13.5. The van der Waals surface area contributed by atoms with Gasteiger partial charge in [-0.1, -0.05) is 13.3 Å². The first-order valence-electron chi connectivity index (χ1n) is 7.77. The molecule has 4 heteroatoms. The summed E-state index contributed by atoms with van der Waals surface area (Å²) in [7, 11) is 0. The Morgan fingerprint density at radius 2 is 1.00 bits per heavy atom. The third kappa shape index (κ3) is 18.3. The summed E-state index contributed by atoms with van der Waals surface area (Å²) in [6.45, 7) is 2.23. The van der Waals surface area contributed by atoms with E-state index in [4.69, 9.17) is 0 Å². The molecule has 0 aromatic rings. The minimum absolute atomic E-state index is 0.369. The number of hydrogen-bond donors (Lipinski definition) is 0. The van der Waals surface area contributed by atoms with Gasteiger partial charge in [0, 0.05) is 0 Å². The van der Waals surface area contributed by atoms with E-state index in [1.165, 1.54) is 57.8 Å². The molecular weight excluding hydrogens is 316 g/mol. The van der Waals surface area contributed by atoms with Crippen LogP contribution in [0.15, 0.2) is 0 Å². The molecule has 116 valence electrons. The molecule has 0 radical (unpaired) electrons. The molecule has 0 aliphatic carbocycles. The van der Waals surface area contributed by atoms with Crippen molar-refractivity contribution in [2.75, 3.05) is 0 Å². The molecule has 0 nitrogen and oxygen atoms in total. The monoisotopic (exact) mass is 346 g/mol. The van der Waals surface area contributed by atoms with E-state index < -0.39 is 20.0 Å². The molecule has 0 saturated carbocycles. The molecule has 0 fully saturated rings. The van der Waals surface area contributed by atoms with Crippen LogP contribution in [0.25, 0.3) is 0 Å². The van der Waals surface area contributed by atoms with E-state index >= 15 is 0 Å². The standard InChI is InChI=1S/C15H29F3Se/c1-2-3-4-5-6-7-8-9-10-11-12-13-14-19-15(16,17)18/h2-14H2,1H3. The van der Waals surface area contributed by atoms with E-state index in [9.17, 15) is 13.2 Å². The number of hydrogen-bond acceptors (Lipinski definition) is 0. The molecule has 0 aromatic carbocycles. The minimum atomic E-state index is -3.90. The van der Waals surface area contributed by atoms with Crippen molar-refractivity contribution < 1.29 is 13.2 Å². The second-order valence-electron chi connectivity index (χ2n) is 5.18. The SMILES string of the molecule is CCCCCCCCCCCCCC[Se]C(F)(F)F. The second-order valence-corrected chi connectivity index (χ2v) is 7.62. The Balaban J connectivity index is 2.99. The van der Waals surface area contributed by atoms with Gasteiger partial charge < -0.3 is 0 Å². The maximum absolute atomic E-state index is 11.9. The van der Waals surface area contributed by atoms with Gasteiger partial charge in [-0.3, -0.25) is 0 Å². The summed E-state index contributed by atoms with van der Waals surface area (Å²) in [6, 6.07) is 0. The third-order valence-corrected chi connectivity index (χ3v) is 4.98. The van der Waals surface area contributed by atoms with Crippen LogP contribution in [0.4, 0.5) is 13.2 Å². The predicted molar refractivity (Wildman–Crippen MR) is 77.7 cm³/mol. The Bertz CT molecular complexity index is 181. The quantitative estimate of drug-likeness (QED) is 0.270. The van der Waals surface area contributed by atoms with Crippen LogP contribution in [0, 0.1) is 0 Å². The van der Waals surface area contributed by atoms with Crippen LogP contribution in [-0.2, 0) is 0 Å². The average molecular weight is 345 g/mol. The molecule has 0 rings (SSSR count). The van der Waals surface area contributed by atoms with Crippen molar-refractivity contribution in [3.05, 3.63) is 0 Å². The van der Waals surface area contributed by atoms with Crippen molar-refractivity contribution >= 4 is 15.0 Å². The summed E-state index contributed by atoms with van der Waals surface area (Å²) >= 11 is -1.15. The Labute approximate surface area is 123 Å². The first-order valence-corrected chi connectivity index (χ1v) is 9.83. The Morgan fingerprint density at radius 1 is 0.632 bits per heavy atom. The molecule has 0 aromatic heterocycles. The van der Waals surface area contributed by atoms with Gasteiger partial charge in [0.15, 0.2) is 0 Å². The van der Waals surface area contributed by atoms with E-state index in [0.29, 0.717) is 5.32 Å². The zero-order valence-corrected chi connectivity index (χ0v) is 13.9. The summed E-state index contributed by atoms with van der Waals surface area (Å²) in [5, 5.41) is -3.53. The summed E-state index contributed by atoms with van der Waals surface area (Å²) < 4.78 is 35.7. The van der Waals surface area contributed by atoms with Gasteiger partial charge in [-0.25, -0.2) is 0 Å². The van der Waals surface area contributed by atoms with Gasteiger partial charge in [-0.2, -0.15) is 0 Å². The molecule has 0 saturated heterocycles. The molecule has 19 heavy (non-hydrogen) atoms. The van der Waals surface area contributed by atoms with E-state index in [1.54, 1.807) is 0 Å². The van der Waals surface area contributed by atoms with E-state index in [1.807, 2.05) is 0 Å². The Morgan fingerprint density at radius 3 is 1.37 bits per heavy atom. The van der Waals surface area contributed by atoms with Gasteiger partial charge in [-0.05, 0) is 0 Å². The molecule has 0 heterocycles. The van der Waals surface area contributed by atoms with Crippen LogP contribution in [-0.4, -0.2) is 20.0 Å². The zero-order valence-electron chi connectivity index (χ0n) is 12.2. The summed E-state index contributed by atoms with van der Waals surface area (Å²) in [4.78, 5) is 0. The summed E-state index contributed by atoms with van der Waals surface area (Å²) in [5.41, 5.74) is 0. The van der Waals surface area contributed by atoms with Gasteiger partial charge in [0.25, 0.3) is 0 Å². The molecule has 0 aliphatic heterocycles. The number of rotatable bonds is 13. The maximum atomic E-state index is 11.9. The number of unbranched alkanes of at least 4 members (excludes halogenated alkanes) is 11. The van der Waals surface area contributed by atoms with Gasteiger partial charge in [0.1, 0.15) is 0 Å². The Hall–Kier alpha value is 0.309. The number of alkyl halides is 3. The first-order chi connectivity index (χ1) is 9.06. The predicted octanol–water partition coefficient (Wildman–Crippen LogP) is 6.33. The fourth-order valence-corrected chi connectivity index (χ4v) is 3.35. The van der Waals surface area contributed by atoms with Gasteiger partial charge in [0.2, 0.25) is 0 Å². The first kappa shape index (κ1) is 19.3. The normalized spacial score (nSPS) is 12.0. The fourth-order valence-electron chi connectivity index (χ4n) is 2.13. The average Bonchev–Trinajstić information content (AvgIpc) is 2.34. The van der Waals surface area contributed by atoms with Crippen LogP contribution in [0.2, 0.25) is 5.32 Å². The second kappa shape index (κ2) is 13.3. The van der Waals surface area contributed by atoms with Crippen molar-refractivity contribution in [3.63, 3.8) is 0 Å². The fraction of sp³-hybridized carbons (Fsp3) is 1.00. The van der Waals surface area contributed by atoms with Gasteiger partial charge in [0.05, 0.1) is 0 Å².